The molecule has 0 spiro atoms. The van der Waals surface area contributed by atoms with Gasteiger partial charge in [0.1, 0.15) is 0 Å². The first-order chi connectivity index (χ1) is 11.8. The molecule has 2 aromatic heterocycles. The summed E-state index contributed by atoms with van der Waals surface area (Å²) in [5.74, 6) is -0.0710. The number of benzene rings is 2. The Hall–Kier alpha value is -3.34. The number of para-hydroxylation sites is 1. The van der Waals surface area contributed by atoms with Crippen molar-refractivity contribution in [3.8, 4) is 11.3 Å². The van der Waals surface area contributed by atoms with Gasteiger partial charge in [-0.25, -0.2) is 0 Å². The summed E-state index contributed by atoms with van der Waals surface area (Å²) in [7, 11) is 0. The van der Waals surface area contributed by atoms with E-state index in [0.717, 1.165) is 27.7 Å². The predicted molar refractivity (Wildman–Crippen MR) is 94.7 cm³/mol. The van der Waals surface area contributed by atoms with Gasteiger partial charge in [-0.1, -0.05) is 48.5 Å². The maximum Gasteiger partial charge on any atom is 0.228 e. The summed E-state index contributed by atoms with van der Waals surface area (Å²) in [6.07, 6.45) is 3.54. The van der Waals surface area contributed by atoms with Crippen LogP contribution in [0.5, 0.6) is 0 Å². The fraction of sp³-hybridized carbons (Fsp3) is 0.0526. The Labute approximate surface area is 138 Å². The van der Waals surface area contributed by atoms with E-state index in [9.17, 15) is 4.79 Å². The van der Waals surface area contributed by atoms with Crippen LogP contribution < -0.4 is 5.32 Å². The third kappa shape index (κ3) is 2.67. The maximum atomic E-state index is 12.4. The van der Waals surface area contributed by atoms with Gasteiger partial charge in [-0.3, -0.25) is 9.89 Å². The largest absolute Gasteiger partial charge is 0.354 e. The van der Waals surface area contributed by atoms with Crippen molar-refractivity contribution in [2.75, 3.05) is 5.32 Å². The zero-order valence-electron chi connectivity index (χ0n) is 12.9. The van der Waals surface area contributed by atoms with Crippen molar-refractivity contribution in [3.63, 3.8) is 0 Å². The third-order valence-electron chi connectivity index (χ3n) is 4.00. The summed E-state index contributed by atoms with van der Waals surface area (Å²) in [6, 6.07) is 18.1. The topological polar surface area (TPSA) is 73.6 Å². The summed E-state index contributed by atoms with van der Waals surface area (Å²) in [6.45, 7) is 0. The van der Waals surface area contributed by atoms with Gasteiger partial charge < -0.3 is 10.3 Å². The second-order valence-corrected chi connectivity index (χ2v) is 5.60. The molecule has 2 aromatic carbocycles. The van der Waals surface area contributed by atoms with Crippen molar-refractivity contribution in [3.05, 3.63) is 72.6 Å². The molecule has 24 heavy (non-hydrogen) atoms. The number of anilines is 1. The molecule has 4 rings (SSSR count). The van der Waals surface area contributed by atoms with Gasteiger partial charge in [0.05, 0.1) is 24.0 Å². The minimum Gasteiger partial charge on any atom is -0.354 e. The highest BCUT2D eigenvalue weighted by molar-refractivity contribution is 5.99. The van der Waals surface area contributed by atoms with Crippen LogP contribution in [0.4, 0.5) is 5.69 Å². The lowest BCUT2D eigenvalue weighted by Gasteiger charge is -2.06. The van der Waals surface area contributed by atoms with E-state index in [2.05, 4.69) is 20.5 Å². The van der Waals surface area contributed by atoms with E-state index in [1.165, 1.54) is 0 Å². The van der Waals surface area contributed by atoms with Gasteiger partial charge in [-0.15, -0.1) is 0 Å². The molecule has 0 fully saturated rings. The molecule has 0 radical (unpaired) electrons. The number of fused-ring (bicyclic) bond motifs is 1. The smallest absolute Gasteiger partial charge is 0.228 e. The van der Waals surface area contributed by atoms with Crippen LogP contribution in [0.3, 0.4) is 0 Å². The average Bonchev–Trinajstić information content (AvgIpc) is 3.24. The van der Waals surface area contributed by atoms with Crippen LogP contribution >= 0.6 is 0 Å². The van der Waals surface area contributed by atoms with Crippen LogP contribution in [0, 0.1) is 0 Å². The predicted octanol–water partition coefficient (Wildman–Crippen LogP) is 3.74. The van der Waals surface area contributed by atoms with Gasteiger partial charge in [0.15, 0.2) is 0 Å². The Morgan fingerprint density at radius 1 is 1.04 bits per heavy atom. The molecule has 5 nitrogen and oxygen atoms in total. The van der Waals surface area contributed by atoms with Gasteiger partial charge in [0.2, 0.25) is 5.91 Å². The number of carbonyl (C=O) groups is 1. The van der Waals surface area contributed by atoms with Crippen molar-refractivity contribution in [1.29, 1.82) is 0 Å². The SMILES string of the molecule is O=C(Cc1c(-c2ccccc2)[nH]c2ccccc12)Nc1cn[nH]c1. The van der Waals surface area contributed by atoms with Crippen LogP contribution in [-0.2, 0) is 11.2 Å². The second-order valence-electron chi connectivity index (χ2n) is 5.60. The normalized spacial score (nSPS) is 10.8. The fourth-order valence-electron chi connectivity index (χ4n) is 2.92. The molecule has 0 aliphatic carbocycles. The second kappa shape index (κ2) is 6.04. The number of carbonyl (C=O) groups excluding carboxylic acids is 1. The van der Waals surface area contributed by atoms with E-state index in [1.807, 2.05) is 54.6 Å². The number of nitrogens with zero attached hydrogens (tertiary/aromatic N) is 1. The van der Waals surface area contributed by atoms with E-state index in [1.54, 1.807) is 12.4 Å². The zero-order valence-corrected chi connectivity index (χ0v) is 12.9. The van der Waals surface area contributed by atoms with Crippen molar-refractivity contribution >= 4 is 22.5 Å². The molecular formula is C19H16N4O. The minimum atomic E-state index is -0.0710. The molecular weight excluding hydrogens is 300 g/mol. The summed E-state index contributed by atoms with van der Waals surface area (Å²) in [4.78, 5) is 15.9. The molecule has 0 aliphatic heterocycles. The third-order valence-corrected chi connectivity index (χ3v) is 4.00. The van der Waals surface area contributed by atoms with Gasteiger partial charge in [0, 0.05) is 17.1 Å². The van der Waals surface area contributed by atoms with Crippen molar-refractivity contribution in [1.82, 2.24) is 15.2 Å². The summed E-state index contributed by atoms with van der Waals surface area (Å²) < 4.78 is 0. The van der Waals surface area contributed by atoms with E-state index in [-0.39, 0.29) is 5.91 Å². The highest BCUT2D eigenvalue weighted by Gasteiger charge is 2.16. The molecule has 5 heteroatoms. The van der Waals surface area contributed by atoms with Crippen molar-refractivity contribution in [2.45, 2.75) is 6.42 Å². The highest BCUT2D eigenvalue weighted by atomic mass is 16.1. The molecule has 3 N–H and O–H groups in total. The molecule has 0 aliphatic rings. The Kier molecular flexibility index (Phi) is 3.59. The Balaban J connectivity index is 1.74. The van der Waals surface area contributed by atoms with Gasteiger partial charge in [-0.2, -0.15) is 5.10 Å². The van der Waals surface area contributed by atoms with E-state index < -0.39 is 0 Å². The van der Waals surface area contributed by atoms with E-state index in [4.69, 9.17) is 0 Å². The lowest BCUT2D eigenvalue weighted by Crippen LogP contribution is -2.14. The number of rotatable bonds is 4. The van der Waals surface area contributed by atoms with E-state index >= 15 is 0 Å². The number of H-pyrrole nitrogens is 2. The van der Waals surface area contributed by atoms with Gasteiger partial charge in [0.25, 0.3) is 0 Å². The van der Waals surface area contributed by atoms with Crippen molar-refractivity contribution in [2.24, 2.45) is 0 Å². The minimum absolute atomic E-state index is 0.0710. The molecule has 4 aromatic rings. The van der Waals surface area contributed by atoms with Crippen LogP contribution in [0.2, 0.25) is 0 Å². The number of hydrogen-bond donors (Lipinski definition) is 3. The lowest BCUT2D eigenvalue weighted by atomic mass is 10.0. The summed E-state index contributed by atoms with van der Waals surface area (Å²) in [5.41, 5.74) is 4.75. The standard InChI is InChI=1S/C19H16N4O/c24-18(22-14-11-20-21-12-14)10-16-15-8-4-5-9-17(15)23-19(16)13-6-2-1-3-7-13/h1-9,11-12,23H,10H2,(H,20,21)(H,22,24). The number of aromatic amines is 2. The molecule has 0 saturated carbocycles. The highest BCUT2D eigenvalue weighted by Crippen LogP contribution is 2.30. The van der Waals surface area contributed by atoms with Gasteiger partial charge in [-0.05, 0) is 17.2 Å². The summed E-state index contributed by atoms with van der Waals surface area (Å²) >= 11 is 0. The quantitative estimate of drug-likeness (QED) is 0.536. The zero-order chi connectivity index (χ0) is 16.4. The maximum absolute atomic E-state index is 12.4. The Morgan fingerprint density at radius 3 is 2.62 bits per heavy atom. The molecule has 0 atom stereocenters. The van der Waals surface area contributed by atoms with Crippen LogP contribution in [0.1, 0.15) is 5.56 Å². The Bertz CT molecular complexity index is 971. The van der Waals surface area contributed by atoms with Crippen LogP contribution in [0.15, 0.2) is 67.0 Å². The lowest BCUT2D eigenvalue weighted by molar-refractivity contribution is -0.115. The molecule has 0 saturated heterocycles. The molecule has 0 unspecified atom stereocenters. The first-order valence-electron chi connectivity index (χ1n) is 7.75. The van der Waals surface area contributed by atoms with Gasteiger partial charge >= 0.3 is 0 Å². The molecule has 0 bridgehead atoms. The Morgan fingerprint density at radius 2 is 1.83 bits per heavy atom. The molecule has 118 valence electrons. The van der Waals surface area contributed by atoms with Crippen molar-refractivity contribution < 1.29 is 4.79 Å². The first kappa shape index (κ1) is 14.3. The fourth-order valence-corrected chi connectivity index (χ4v) is 2.92. The van der Waals surface area contributed by atoms with Crippen LogP contribution in [-0.4, -0.2) is 21.1 Å². The van der Waals surface area contributed by atoms with E-state index in [0.29, 0.717) is 12.1 Å². The number of hydrogen-bond acceptors (Lipinski definition) is 2. The average molecular weight is 316 g/mol. The first-order valence-corrected chi connectivity index (χ1v) is 7.75. The monoisotopic (exact) mass is 316 g/mol. The van der Waals surface area contributed by atoms with Crippen LogP contribution in [0.25, 0.3) is 22.2 Å². The number of nitrogens with one attached hydrogen (secondary N) is 3. The number of amides is 1. The number of aromatic nitrogens is 3. The molecule has 2 heterocycles. The molecule has 1 amide bonds. The summed E-state index contributed by atoms with van der Waals surface area (Å²) in [5, 5.41) is 10.5.